The SMILES string of the molecule is CNc1nc2sc(-c3ccc(CCC(=O)O)cc3)nc2c2c1ncn2C. The molecule has 0 saturated carbocycles. The second-order valence-corrected chi connectivity index (χ2v) is 7.00. The zero-order valence-corrected chi connectivity index (χ0v) is 15.2. The van der Waals surface area contributed by atoms with E-state index in [2.05, 4.69) is 15.3 Å². The number of thiazole rings is 1. The molecule has 0 fully saturated rings. The normalized spacial score (nSPS) is 11.3. The van der Waals surface area contributed by atoms with E-state index in [1.807, 2.05) is 42.9 Å². The predicted octanol–water partition coefficient (Wildman–Crippen LogP) is 3.30. The van der Waals surface area contributed by atoms with E-state index in [9.17, 15) is 4.79 Å². The maximum atomic E-state index is 10.7. The van der Waals surface area contributed by atoms with Gasteiger partial charge in [0.1, 0.15) is 26.4 Å². The molecule has 0 saturated heterocycles. The van der Waals surface area contributed by atoms with E-state index in [0.717, 1.165) is 43.3 Å². The van der Waals surface area contributed by atoms with Gasteiger partial charge in [0.2, 0.25) is 0 Å². The number of pyridine rings is 1. The van der Waals surface area contributed by atoms with Crippen LogP contribution >= 0.6 is 11.3 Å². The minimum absolute atomic E-state index is 0.135. The number of aromatic nitrogens is 4. The third kappa shape index (κ3) is 2.78. The molecule has 3 heterocycles. The highest BCUT2D eigenvalue weighted by molar-refractivity contribution is 7.21. The molecule has 0 amide bonds. The first-order valence-electron chi connectivity index (χ1n) is 8.17. The summed E-state index contributed by atoms with van der Waals surface area (Å²) >= 11 is 1.53. The fraction of sp³-hybridized carbons (Fsp3) is 0.222. The summed E-state index contributed by atoms with van der Waals surface area (Å²) in [5, 5.41) is 12.8. The Hall–Kier alpha value is -3.00. The molecule has 132 valence electrons. The minimum atomic E-state index is -0.785. The highest BCUT2D eigenvalue weighted by Crippen LogP contribution is 2.35. The Bertz CT molecular complexity index is 1110. The van der Waals surface area contributed by atoms with Gasteiger partial charge in [-0.15, -0.1) is 0 Å². The van der Waals surface area contributed by atoms with Crippen molar-refractivity contribution in [3.63, 3.8) is 0 Å². The molecule has 0 aliphatic heterocycles. The van der Waals surface area contributed by atoms with E-state index in [0.29, 0.717) is 6.42 Å². The number of hydrogen-bond donors (Lipinski definition) is 2. The summed E-state index contributed by atoms with van der Waals surface area (Å²) in [6.07, 6.45) is 2.43. The topological polar surface area (TPSA) is 92.9 Å². The molecule has 0 bridgehead atoms. The minimum Gasteiger partial charge on any atom is -0.481 e. The van der Waals surface area contributed by atoms with Crippen LogP contribution in [0.3, 0.4) is 0 Å². The van der Waals surface area contributed by atoms with Crippen LogP contribution in [0, 0.1) is 0 Å². The number of hydrogen-bond acceptors (Lipinski definition) is 6. The molecule has 2 N–H and O–H groups in total. The van der Waals surface area contributed by atoms with Gasteiger partial charge in [-0.05, 0) is 12.0 Å². The number of imidazole rings is 1. The largest absolute Gasteiger partial charge is 0.481 e. The van der Waals surface area contributed by atoms with Gasteiger partial charge in [0.05, 0.1) is 6.33 Å². The first-order valence-corrected chi connectivity index (χ1v) is 8.99. The molecule has 4 aromatic rings. The molecule has 0 radical (unpaired) electrons. The van der Waals surface area contributed by atoms with Gasteiger partial charge in [0.25, 0.3) is 0 Å². The maximum absolute atomic E-state index is 10.7. The van der Waals surface area contributed by atoms with Crippen LogP contribution in [0.1, 0.15) is 12.0 Å². The van der Waals surface area contributed by atoms with Gasteiger partial charge in [-0.2, -0.15) is 0 Å². The van der Waals surface area contributed by atoms with Crippen molar-refractivity contribution in [1.29, 1.82) is 0 Å². The predicted molar refractivity (Wildman–Crippen MR) is 103 cm³/mol. The van der Waals surface area contributed by atoms with Crippen molar-refractivity contribution in [2.75, 3.05) is 12.4 Å². The summed E-state index contributed by atoms with van der Waals surface area (Å²) in [4.78, 5) is 25.4. The van der Waals surface area contributed by atoms with Crippen molar-refractivity contribution >= 4 is 44.5 Å². The van der Waals surface area contributed by atoms with Gasteiger partial charge in [0.15, 0.2) is 5.82 Å². The van der Waals surface area contributed by atoms with Gasteiger partial charge in [-0.1, -0.05) is 35.6 Å². The van der Waals surface area contributed by atoms with Crippen molar-refractivity contribution in [2.24, 2.45) is 7.05 Å². The lowest BCUT2D eigenvalue weighted by Gasteiger charge is -2.01. The Balaban J connectivity index is 1.77. The summed E-state index contributed by atoms with van der Waals surface area (Å²) in [6.45, 7) is 0. The third-order valence-corrected chi connectivity index (χ3v) is 5.27. The van der Waals surface area contributed by atoms with Crippen LogP contribution in [-0.4, -0.2) is 37.6 Å². The average Bonchev–Trinajstić information content (AvgIpc) is 3.23. The van der Waals surface area contributed by atoms with Crippen molar-refractivity contribution in [1.82, 2.24) is 19.5 Å². The van der Waals surface area contributed by atoms with E-state index in [4.69, 9.17) is 10.1 Å². The second-order valence-electron chi connectivity index (χ2n) is 6.03. The number of rotatable bonds is 5. The molecule has 7 nitrogen and oxygen atoms in total. The Kier molecular flexibility index (Phi) is 4.04. The summed E-state index contributed by atoms with van der Waals surface area (Å²) in [5.74, 6) is -0.0424. The highest BCUT2D eigenvalue weighted by atomic mass is 32.1. The number of benzene rings is 1. The number of carboxylic acids is 1. The van der Waals surface area contributed by atoms with Gasteiger partial charge >= 0.3 is 5.97 Å². The third-order valence-electron chi connectivity index (χ3n) is 4.27. The number of fused-ring (bicyclic) bond motifs is 3. The quantitative estimate of drug-likeness (QED) is 0.562. The molecule has 8 heteroatoms. The lowest BCUT2D eigenvalue weighted by molar-refractivity contribution is -0.136. The van der Waals surface area contributed by atoms with E-state index < -0.39 is 5.97 Å². The average molecular weight is 367 g/mol. The molecule has 26 heavy (non-hydrogen) atoms. The Morgan fingerprint density at radius 3 is 2.69 bits per heavy atom. The smallest absolute Gasteiger partial charge is 0.303 e. The Morgan fingerprint density at radius 1 is 1.23 bits per heavy atom. The van der Waals surface area contributed by atoms with E-state index >= 15 is 0 Å². The fourth-order valence-electron chi connectivity index (χ4n) is 2.94. The second kappa shape index (κ2) is 6.38. The maximum Gasteiger partial charge on any atom is 0.303 e. The molecule has 0 spiro atoms. The van der Waals surface area contributed by atoms with Crippen molar-refractivity contribution < 1.29 is 9.90 Å². The molecule has 4 rings (SSSR count). The van der Waals surface area contributed by atoms with Gasteiger partial charge in [0, 0.05) is 26.1 Å². The van der Waals surface area contributed by atoms with Crippen LogP contribution in [0.4, 0.5) is 5.82 Å². The van der Waals surface area contributed by atoms with Crippen molar-refractivity contribution in [3.8, 4) is 10.6 Å². The molecule has 0 aliphatic rings. The van der Waals surface area contributed by atoms with Crippen LogP contribution in [0.15, 0.2) is 30.6 Å². The number of aliphatic carboxylic acids is 1. The van der Waals surface area contributed by atoms with E-state index in [1.165, 1.54) is 11.3 Å². The number of nitrogens with one attached hydrogen (secondary N) is 1. The number of anilines is 1. The van der Waals surface area contributed by atoms with Crippen LogP contribution < -0.4 is 5.32 Å². The lowest BCUT2D eigenvalue weighted by Crippen LogP contribution is -1.97. The first-order chi connectivity index (χ1) is 12.6. The Morgan fingerprint density at radius 2 is 2.00 bits per heavy atom. The van der Waals surface area contributed by atoms with E-state index in [-0.39, 0.29) is 6.42 Å². The first kappa shape index (κ1) is 16.5. The van der Waals surface area contributed by atoms with Crippen LogP contribution in [0.25, 0.3) is 32.0 Å². The highest BCUT2D eigenvalue weighted by Gasteiger charge is 2.17. The summed E-state index contributed by atoms with van der Waals surface area (Å²) in [7, 11) is 3.78. The van der Waals surface area contributed by atoms with Gasteiger partial charge < -0.3 is 15.0 Å². The molecule has 0 aliphatic carbocycles. The Labute approximate surface area is 153 Å². The summed E-state index contributed by atoms with van der Waals surface area (Å²) in [5.41, 5.74) is 4.60. The number of nitrogens with zero attached hydrogens (tertiary/aromatic N) is 4. The monoisotopic (exact) mass is 367 g/mol. The number of aryl methyl sites for hydroxylation is 2. The fourth-order valence-corrected chi connectivity index (χ4v) is 3.89. The summed E-state index contributed by atoms with van der Waals surface area (Å²) in [6, 6.07) is 7.87. The molecule has 3 aromatic heterocycles. The zero-order valence-electron chi connectivity index (χ0n) is 14.4. The van der Waals surface area contributed by atoms with Crippen molar-refractivity contribution in [3.05, 3.63) is 36.2 Å². The van der Waals surface area contributed by atoms with Crippen molar-refractivity contribution in [2.45, 2.75) is 12.8 Å². The van der Waals surface area contributed by atoms with Crippen LogP contribution in [0.5, 0.6) is 0 Å². The standard InChI is InChI=1S/C18H17N5O2S/c1-19-16-13-15(23(2)9-20-13)14-18(22-16)26-17(21-14)11-6-3-10(4-7-11)5-8-12(24)25/h3-4,6-7,9H,5,8H2,1-2H3,(H,19,22)(H,24,25). The molecular weight excluding hydrogens is 350 g/mol. The lowest BCUT2D eigenvalue weighted by atomic mass is 10.1. The number of carbonyl (C=O) groups is 1. The molecule has 0 unspecified atom stereocenters. The number of carboxylic acid groups (broad SMARTS) is 1. The van der Waals surface area contributed by atoms with Crippen LogP contribution in [-0.2, 0) is 18.3 Å². The zero-order chi connectivity index (χ0) is 18.3. The van der Waals surface area contributed by atoms with Gasteiger partial charge in [-0.3, -0.25) is 4.79 Å². The van der Waals surface area contributed by atoms with E-state index in [1.54, 1.807) is 6.33 Å². The molecule has 0 atom stereocenters. The molecule has 1 aromatic carbocycles. The van der Waals surface area contributed by atoms with Crippen LogP contribution in [0.2, 0.25) is 0 Å². The summed E-state index contributed by atoms with van der Waals surface area (Å²) < 4.78 is 1.96. The molecular formula is C18H17N5O2S. The van der Waals surface area contributed by atoms with Gasteiger partial charge in [-0.25, -0.2) is 15.0 Å².